The van der Waals surface area contributed by atoms with Gasteiger partial charge in [-0.3, -0.25) is 9.11 Å². The number of rotatable bonds is 11. The molecule has 14 nitrogen and oxygen atoms in total. The van der Waals surface area contributed by atoms with Crippen molar-refractivity contribution in [3.05, 3.63) is 120 Å². The standard InChI is InChI=1S/C36H31N5O9S3/c1-3-37-51(43,44)27-15-13-26(14-16-27)38-41-35-22(2)18-25-20-28(52(45,46)47)21-31(34(25)36(35)42)40-39-30-17-12-24(19-23-8-5-4-6-9-23)33-29(30)10-7-11-32(33)53(48,49)50/h4-18,20-21,37,42H,3,19H2,1-2H3,(H,45,46,47)(H,48,49,50). The Morgan fingerprint density at radius 2 is 1.36 bits per heavy atom. The summed E-state index contributed by atoms with van der Waals surface area (Å²) in [5.74, 6) is -0.442. The van der Waals surface area contributed by atoms with Gasteiger partial charge in [0.25, 0.3) is 20.2 Å². The molecular formula is C36H31N5O9S3. The van der Waals surface area contributed by atoms with Crippen molar-refractivity contribution in [3.63, 3.8) is 0 Å². The van der Waals surface area contributed by atoms with Crippen molar-refractivity contribution in [1.82, 2.24) is 4.72 Å². The van der Waals surface area contributed by atoms with Crippen molar-refractivity contribution in [2.75, 3.05) is 6.54 Å². The van der Waals surface area contributed by atoms with Crippen LogP contribution in [-0.4, -0.2) is 46.0 Å². The summed E-state index contributed by atoms with van der Waals surface area (Å²) in [5.41, 5.74) is 2.06. The lowest BCUT2D eigenvalue weighted by molar-refractivity contribution is 0.480. The predicted molar refractivity (Wildman–Crippen MR) is 199 cm³/mol. The highest BCUT2D eigenvalue weighted by Gasteiger charge is 2.21. The normalized spacial score (nSPS) is 12.8. The summed E-state index contributed by atoms with van der Waals surface area (Å²) in [6.45, 7) is 3.46. The molecule has 0 amide bonds. The quantitative estimate of drug-likeness (QED) is 0.0734. The van der Waals surface area contributed by atoms with E-state index in [1.807, 2.05) is 30.3 Å². The fourth-order valence-electron chi connectivity index (χ4n) is 5.83. The van der Waals surface area contributed by atoms with E-state index in [1.54, 1.807) is 32.0 Å². The van der Waals surface area contributed by atoms with Crippen LogP contribution < -0.4 is 4.72 Å². The van der Waals surface area contributed by atoms with E-state index in [0.29, 0.717) is 22.9 Å². The average Bonchev–Trinajstić information content (AvgIpc) is 3.10. The summed E-state index contributed by atoms with van der Waals surface area (Å²) in [4.78, 5) is -0.842. The van der Waals surface area contributed by atoms with Crippen molar-refractivity contribution in [3.8, 4) is 5.75 Å². The Labute approximate surface area is 305 Å². The van der Waals surface area contributed by atoms with Gasteiger partial charge in [0.2, 0.25) is 10.0 Å². The molecule has 0 heterocycles. The van der Waals surface area contributed by atoms with Crippen LogP contribution in [0, 0.1) is 6.92 Å². The summed E-state index contributed by atoms with van der Waals surface area (Å²) in [6.07, 6.45) is 0.326. The minimum atomic E-state index is -4.76. The molecule has 6 aromatic carbocycles. The van der Waals surface area contributed by atoms with E-state index >= 15 is 0 Å². The molecule has 0 aliphatic heterocycles. The van der Waals surface area contributed by atoms with Gasteiger partial charge in [-0.05, 0) is 90.0 Å². The zero-order valence-corrected chi connectivity index (χ0v) is 30.5. The number of azo groups is 2. The molecule has 53 heavy (non-hydrogen) atoms. The molecule has 0 bridgehead atoms. The monoisotopic (exact) mass is 773 g/mol. The highest BCUT2D eigenvalue weighted by Crippen LogP contribution is 2.45. The van der Waals surface area contributed by atoms with Crippen LogP contribution in [0.4, 0.5) is 22.7 Å². The van der Waals surface area contributed by atoms with Crippen LogP contribution in [0.25, 0.3) is 21.5 Å². The second-order valence-corrected chi connectivity index (χ2v) is 16.4. The molecule has 0 fully saturated rings. The maximum Gasteiger partial charge on any atom is 0.295 e. The van der Waals surface area contributed by atoms with Crippen LogP contribution in [0.5, 0.6) is 5.75 Å². The van der Waals surface area contributed by atoms with Gasteiger partial charge in [0, 0.05) is 17.3 Å². The minimum absolute atomic E-state index is 0.00795. The molecule has 0 aliphatic carbocycles. The number of aromatic hydroxyl groups is 1. The Hall–Kier alpha value is -5.43. The number of fused-ring (bicyclic) bond motifs is 2. The van der Waals surface area contributed by atoms with Gasteiger partial charge >= 0.3 is 0 Å². The van der Waals surface area contributed by atoms with Crippen LogP contribution in [0.2, 0.25) is 0 Å². The van der Waals surface area contributed by atoms with Crippen molar-refractivity contribution < 1.29 is 39.5 Å². The molecule has 0 radical (unpaired) electrons. The number of nitrogens with one attached hydrogen (secondary N) is 1. The molecule has 0 spiro atoms. The number of benzene rings is 6. The first-order chi connectivity index (χ1) is 25.1. The predicted octanol–water partition coefficient (Wildman–Crippen LogP) is 8.22. The maximum absolute atomic E-state index is 12.5. The average molecular weight is 774 g/mol. The van der Waals surface area contributed by atoms with E-state index < -0.39 is 40.9 Å². The van der Waals surface area contributed by atoms with Gasteiger partial charge in [-0.1, -0.05) is 55.5 Å². The fourth-order valence-corrected chi connectivity index (χ4v) is 8.16. The molecule has 0 atom stereocenters. The Morgan fingerprint density at radius 1 is 0.660 bits per heavy atom. The third-order valence-corrected chi connectivity index (χ3v) is 11.5. The van der Waals surface area contributed by atoms with E-state index in [2.05, 4.69) is 25.2 Å². The first kappa shape index (κ1) is 37.3. The van der Waals surface area contributed by atoms with Gasteiger partial charge < -0.3 is 5.11 Å². The SMILES string of the molecule is CCNS(=O)(=O)c1ccc(N=Nc2c(C)cc3cc(S(=O)(=O)O)cc(N=Nc4ccc(Cc5ccccc5)c5c(S(=O)(=O)O)cccc45)c3c2O)cc1. The third-order valence-electron chi connectivity index (χ3n) is 8.22. The zero-order valence-electron chi connectivity index (χ0n) is 28.0. The minimum Gasteiger partial charge on any atom is -0.505 e. The largest absolute Gasteiger partial charge is 0.505 e. The molecule has 6 aromatic rings. The van der Waals surface area contributed by atoms with Crippen molar-refractivity contribution in [2.24, 2.45) is 20.5 Å². The highest BCUT2D eigenvalue weighted by molar-refractivity contribution is 7.89. The van der Waals surface area contributed by atoms with Crippen molar-refractivity contribution in [1.29, 1.82) is 0 Å². The van der Waals surface area contributed by atoms with Gasteiger partial charge in [0.05, 0.1) is 32.2 Å². The van der Waals surface area contributed by atoms with E-state index in [-0.39, 0.29) is 55.2 Å². The summed E-state index contributed by atoms with van der Waals surface area (Å²) in [5, 5.41) is 29.2. The lowest BCUT2D eigenvalue weighted by Gasteiger charge is -2.13. The topological polar surface area (TPSA) is 225 Å². The second-order valence-electron chi connectivity index (χ2n) is 11.9. The molecule has 0 unspecified atom stereocenters. The molecule has 0 saturated carbocycles. The molecule has 6 rings (SSSR count). The number of phenols is 1. The summed E-state index contributed by atoms with van der Waals surface area (Å²) in [7, 11) is -13.1. The summed E-state index contributed by atoms with van der Waals surface area (Å²) >= 11 is 0. The van der Waals surface area contributed by atoms with Crippen molar-refractivity contribution in [2.45, 2.75) is 35.0 Å². The van der Waals surface area contributed by atoms with E-state index in [0.717, 1.165) is 17.7 Å². The molecule has 4 N–H and O–H groups in total. The fraction of sp³-hybridized carbons (Fsp3) is 0.111. The number of hydrogen-bond acceptors (Lipinski definition) is 11. The van der Waals surface area contributed by atoms with Gasteiger partial charge in [0.1, 0.15) is 10.6 Å². The van der Waals surface area contributed by atoms with Crippen molar-refractivity contribution >= 4 is 74.6 Å². The zero-order chi connectivity index (χ0) is 38.1. The molecule has 272 valence electrons. The Morgan fingerprint density at radius 3 is 2.02 bits per heavy atom. The number of sulfonamides is 1. The third kappa shape index (κ3) is 7.99. The molecule has 0 aromatic heterocycles. The van der Waals surface area contributed by atoms with Crippen LogP contribution >= 0.6 is 0 Å². The number of hydrogen-bond donors (Lipinski definition) is 4. The second kappa shape index (κ2) is 14.5. The van der Waals surface area contributed by atoms with Crippen LogP contribution in [0.1, 0.15) is 23.6 Å². The number of phenolic OH excluding ortho intramolecular Hbond substituents is 1. The Kier molecular flexibility index (Phi) is 10.2. The maximum atomic E-state index is 12.5. The van der Waals surface area contributed by atoms with E-state index in [1.165, 1.54) is 42.5 Å². The van der Waals surface area contributed by atoms with Gasteiger partial charge in [-0.2, -0.15) is 21.9 Å². The lowest BCUT2D eigenvalue weighted by atomic mass is 9.97. The number of aryl methyl sites for hydroxylation is 1. The van der Waals surface area contributed by atoms with Gasteiger partial charge in [-0.25, -0.2) is 13.1 Å². The summed E-state index contributed by atoms with van der Waals surface area (Å²) in [6, 6.07) is 26.1. The van der Waals surface area contributed by atoms with Gasteiger partial charge in [0.15, 0.2) is 5.75 Å². The van der Waals surface area contributed by atoms with Crippen LogP contribution in [0.15, 0.2) is 138 Å². The first-order valence-electron chi connectivity index (χ1n) is 15.8. The van der Waals surface area contributed by atoms with E-state index in [4.69, 9.17) is 0 Å². The molecular weight excluding hydrogens is 743 g/mol. The smallest absolute Gasteiger partial charge is 0.295 e. The highest BCUT2D eigenvalue weighted by atomic mass is 32.2. The summed E-state index contributed by atoms with van der Waals surface area (Å²) < 4.78 is 96.6. The number of nitrogens with zero attached hydrogens (tertiary/aromatic N) is 4. The molecule has 0 saturated heterocycles. The first-order valence-corrected chi connectivity index (χ1v) is 20.2. The molecule has 17 heteroatoms. The van der Waals surface area contributed by atoms with Crippen LogP contribution in [0.3, 0.4) is 0 Å². The lowest BCUT2D eigenvalue weighted by Crippen LogP contribution is -2.22. The molecule has 0 aliphatic rings. The Balaban J connectivity index is 1.48. The Bertz CT molecular complexity index is 2790. The van der Waals surface area contributed by atoms with Gasteiger partial charge in [-0.15, -0.1) is 15.3 Å². The van der Waals surface area contributed by atoms with E-state index in [9.17, 15) is 39.5 Å². The van der Waals surface area contributed by atoms with Crippen LogP contribution in [-0.2, 0) is 36.7 Å².